The molecule has 1 aromatic carbocycles. The van der Waals surface area contributed by atoms with Crippen molar-refractivity contribution in [1.29, 1.82) is 0 Å². The van der Waals surface area contributed by atoms with E-state index < -0.39 is 12.1 Å². The van der Waals surface area contributed by atoms with Gasteiger partial charge in [0, 0.05) is 12.1 Å². The Hall–Kier alpha value is -2.21. The first-order chi connectivity index (χ1) is 11.6. The highest BCUT2D eigenvalue weighted by Crippen LogP contribution is 2.22. The van der Waals surface area contributed by atoms with E-state index in [0.29, 0.717) is 0 Å². The van der Waals surface area contributed by atoms with Crippen molar-refractivity contribution in [2.75, 3.05) is 0 Å². The Bertz CT molecular complexity index is 729. The number of nitrogens with one attached hydrogen (secondary N) is 1. The second-order valence-electron chi connectivity index (χ2n) is 5.92. The van der Waals surface area contributed by atoms with E-state index in [9.17, 15) is 9.59 Å². The molecule has 0 spiro atoms. The maximum absolute atomic E-state index is 12.0. The van der Waals surface area contributed by atoms with Crippen LogP contribution in [0.5, 0.6) is 0 Å². The van der Waals surface area contributed by atoms with Gasteiger partial charge >= 0.3 is 5.97 Å². The molecule has 1 heterocycles. The topological polar surface area (TPSA) is 68.3 Å². The van der Waals surface area contributed by atoms with E-state index in [-0.39, 0.29) is 11.9 Å². The molecule has 3 rings (SSSR count). The Kier molecular flexibility index (Phi) is 5.25. The first-order valence-corrected chi connectivity index (χ1v) is 8.98. The van der Waals surface area contributed by atoms with E-state index in [0.717, 1.165) is 40.9 Å². The van der Waals surface area contributed by atoms with Crippen LogP contribution in [0.15, 0.2) is 30.3 Å². The molecule has 1 aromatic heterocycles. The molecule has 5 nitrogen and oxygen atoms in total. The molecule has 0 aliphatic heterocycles. The normalized spacial score (nSPS) is 16.5. The second kappa shape index (κ2) is 7.57. The molecule has 2 aromatic rings. The van der Waals surface area contributed by atoms with Gasteiger partial charge in [-0.3, -0.25) is 4.79 Å². The monoisotopic (exact) mass is 344 g/mol. The Morgan fingerprint density at radius 2 is 2.08 bits per heavy atom. The minimum atomic E-state index is -0.793. The van der Waals surface area contributed by atoms with E-state index >= 15 is 0 Å². The third-order valence-corrected chi connectivity index (χ3v) is 5.04. The standard InChI is InChI=1S/C18H20N2O3S/c1-12(18(22)19-13-6-2-3-7-13)23-17(21)11-10-16-20-14-8-4-5-9-15(14)24-16/h4-5,8-13H,2-3,6-7H2,1H3,(H,19,22)/b11-10+/t12-/m0/s1. The van der Waals surface area contributed by atoms with Crippen LogP contribution in [-0.2, 0) is 14.3 Å². The van der Waals surface area contributed by atoms with E-state index in [1.165, 1.54) is 17.4 Å². The zero-order valence-corrected chi connectivity index (χ0v) is 14.3. The highest BCUT2D eigenvalue weighted by Gasteiger charge is 2.22. The smallest absolute Gasteiger partial charge is 0.331 e. The third kappa shape index (κ3) is 4.20. The fraction of sp³-hybridized carbons (Fsp3) is 0.389. The highest BCUT2D eigenvalue weighted by molar-refractivity contribution is 7.19. The molecule has 1 N–H and O–H groups in total. The summed E-state index contributed by atoms with van der Waals surface area (Å²) in [6.45, 7) is 1.59. The first-order valence-electron chi connectivity index (χ1n) is 8.16. The van der Waals surface area contributed by atoms with E-state index in [4.69, 9.17) is 4.74 Å². The summed E-state index contributed by atoms with van der Waals surface area (Å²) in [5.74, 6) is -0.771. The lowest BCUT2D eigenvalue weighted by Gasteiger charge is -2.16. The molecule has 0 unspecified atom stereocenters. The zero-order chi connectivity index (χ0) is 16.9. The quantitative estimate of drug-likeness (QED) is 0.667. The van der Waals surface area contributed by atoms with Crippen molar-refractivity contribution in [2.45, 2.75) is 44.8 Å². The van der Waals surface area contributed by atoms with Crippen molar-refractivity contribution in [1.82, 2.24) is 10.3 Å². The number of para-hydroxylation sites is 1. The number of benzene rings is 1. The number of esters is 1. The minimum Gasteiger partial charge on any atom is -0.449 e. The number of carbonyl (C=O) groups is 2. The molecule has 0 saturated heterocycles. The van der Waals surface area contributed by atoms with Crippen LogP contribution in [-0.4, -0.2) is 29.0 Å². The molecule has 1 aliphatic carbocycles. The van der Waals surface area contributed by atoms with Gasteiger partial charge in [-0.25, -0.2) is 9.78 Å². The zero-order valence-electron chi connectivity index (χ0n) is 13.5. The van der Waals surface area contributed by atoms with E-state index in [1.54, 1.807) is 13.0 Å². The molecule has 6 heteroatoms. The van der Waals surface area contributed by atoms with Gasteiger partial charge in [-0.2, -0.15) is 0 Å². The molecule has 1 fully saturated rings. The SMILES string of the molecule is C[C@H](OC(=O)/C=C/c1nc2ccccc2s1)C(=O)NC1CCCC1. The van der Waals surface area contributed by atoms with Gasteiger partial charge in [-0.05, 0) is 38.0 Å². The number of hydrogen-bond donors (Lipinski definition) is 1. The summed E-state index contributed by atoms with van der Waals surface area (Å²) < 4.78 is 6.22. The van der Waals surface area contributed by atoms with E-state index in [1.807, 2.05) is 24.3 Å². The fourth-order valence-electron chi connectivity index (χ4n) is 2.76. The molecule has 0 bridgehead atoms. The average molecular weight is 344 g/mol. The Morgan fingerprint density at radius 3 is 2.83 bits per heavy atom. The van der Waals surface area contributed by atoms with Gasteiger partial charge in [0.1, 0.15) is 5.01 Å². The van der Waals surface area contributed by atoms with Gasteiger partial charge < -0.3 is 10.1 Å². The predicted octanol–water partition coefficient (Wildman–Crippen LogP) is 3.30. The second-order valence-corrected chi connectivity index (χ2v) is 6.98. The molecule has 1 saturated carbocycles. The number of fused-ring (bicyclic) bond motifs is 1. The number of thiazole rings is 1. The van der Waals surface area contributed by atoms with Crippen LogP contribution in [0.3, 0.4) is 0 Å². The Labute approximate surface area is 144 Å². The van der Waals surface area contributed by atoms with Gasteiger partial charge in [0.15, 0.2) is 6.10 Å². The van der Waals surface area contributed by atoms with Gasteiger partial charge in [0.2, 0.25) is 0 Å². The van der Waals surface area contributed by atoms with Crippen molar-refractivity contribution in [3.8, 4) is 0 Å². The van der Waals surface area contributed by atoms with Crippen LogP contribution in [0.1, 0.15) is 37.6 Å². The summed E-state index contributed by atoms with van der Waals surface area (Å²) in [6.07, 6.45) is 6.44. The van der Waals surface area contributed by atoms with Crippen molar-refractivity contribution in [3.05, 3.63) is 35.3 Å². The minimum absolute atomic E-state index is 0.219. The summed E-state index contributed by atoms with van der Waals surface area (Å²) in [5.41, 5.74) is 0.903. The number of ether oxygens (including phenoxy) is 1. The van der Waals surface area contributed by atoms with E-state index in [2.05, 4.69) is 10.3 Å². The number of aromatic nitrogens is 1. The lowest BCUT2D eigenvalue weighted by Crippen LogP contribution is -2.40. The number of rotatable bonds is 5. The molecule has 0 radical (unpaired) electrons. The maximum atomic E-state index is 12.0. The number of nitrogens with zero attached hydrogens (tertiary/aromatic N) is 1. The van der Waals surface area contributed by atoms with Gasteiger partial charge in [-0.15, -0.1) is 11.3 Å². The molecule has 1 atom stereocenters. The summed E-state index contributed by atoms with van der Waals surface area (Å²) in [7, 11) is 0. The molecular weight excluding hydrogens is 324 g/mol. The van der Waals surface area contributed by atoms with Crippen LogP contribution in [0.4, 0.5) is 0 Å². The molecule has 126 valence electrons. The van der Waals surface area contributed by atoms with Gasteiger partial charge in [0.05, 0.1) is 10.2 Å². The molecule has 1 amide bonds. The average Bonchev–Trinajstić information content (AvgIpc) is 3.21. The van der Waals surface area contributed by atoms with Crippen LogP contribution in [0.25, 0.3) is 16.3 Å². The summed E-state index contributed by atoms with van der Waals surface area (Å²) >= 11 is 1.50. The van der Waals surface area contributed by atoms with Gasteiger partial charge in [-0.1, -0.05) is 25.0 Å². The van der Waals surface area contributed by atoms with Crippen molar-refractivity contribution < 1.29 is 14.3 Å². The summed E-state index contributed by atoms with van der Waals surface area (Å²) in [4.78, 5) is 28.3. The number of hydrogen-bond acceptors (Lipinski definition) is 5. The summed E-state index contributed by atoms with van der Waals surface area (Å²) in [6, 6.07) is 8.01. The van der Waals surface area contributed by atoms with Gasteiger partial charge in [0.25, 0.3) is 5.91 Å². The van der Waals surface area contributed by atoms with Crippen molar-refractivity contribution in [2.24, 2.45) is 0 Å². The van der Waals surface area contributed by atoms with Crippen LogP contribution in [0.2, 0.25) is 0 Å². The maximum Gasteiger partial charge on any atom is 0.331 e. The molecule has 24 heavy (non-hydrogen) atoms. The number of amides is 1. The summed E-state index contributed by atoms with van der Waals surface area (Å²) in [5, 5.41) is 3.66. The molecule has 1 aliphatic rings. The van der Waals surface area contributed by atoms with Crippen LogP contribution >= 0.6 is 11.3 Å². The predicted molar refractivity (Wildman–Crippen MR) is 94.6 cm³/mol. The number of carbonyl (C=O) groups excluding carboxylic acids is 2. The lowest BCUT2D eigenvalue weighted by molar-refractivity contribution is -0.150. The largest absolute Gasteiger partial charge is 0.449 e. The van der Waals surface area contributed by atoms with Crippen LogP contribution < -0.4 is 5.32 Å². The van der Waals surface area contributed by atoms with Crippen molar-refractivity contribution in [3.63, 3.8) is 0 Å². The third-order valence-electron chi connectivity index (χ3n) is 4.04. The molecular formula is C18H20N2O3S. The Balaban J connectivity index is 1.53. The first kappa shape index (κ1) is 16.6. The lowest BCUT2D eigenvalue weighted by atomic mass is 10.2. The Morgan fingerprint density at radius 1 is 1.33 bits per heavy atom. The highest BCUT2D eigenvalue weighted by atomic mass is 32.1. The van der Waals surface area contributed by atoms with Crippen molar-refractivity contribution >= 4 is 39.5 Å². The fourth-order valence-corrected chi connectivity index (χ4v) is 3.63. The van der Waals surface area contributed by atoms with Crippen LogP contribution in [0, 0.1) is 0 Å².